The predicted molar refractivity (Wildman–Crippen MR) is 60.7 cm³/mol. The van der Waals surface area contributed by atoms with Crippen LogP contribution >= 0.6 is 15.9 Å². The van der Waals surface area contributed by atoms with Gasteiger partial charge in [-0.25, -0.2) is 0 Å². The first-order valence-corrected chi connectivity index (χ1v) is 6.10. The third-order valence-corrected chi connectivity index (χ3v) is 3.84. The van der Waals surface area contributed by atoms with Gasteiger partial charge in [-0.2, -0.15) is 0 Å². The maximum Gasteiger partial charge on any atom is 0.309 e. The fraction of sp³-hybridized carbons (Fsp3) is 0.333. The molecule has 88 valence electrons. The first kappa shape index (κ1) is 10.8. The third-order valence-electron chi connectivity index (χ3n) is 3.14. The Morgan fingerprint density at radius 2 is 1.71 bits per heavy atom. The van der Waals surface area contributed by atoms with Crippen LogP contribution in [0.3, 0.4) is 0 Å². The van der Waals surface area contributed by atoms with Gasteiger partial charge in [-0.1, -0.05) is 34.1 Å². The van der Waals surface area contributed by atoms with Crippen LogP contribution in [-0.4, -0.2) is 11.9 Å². The molecule has 0 amide bonds. The van der Waals surface area contributed by atoms with Crippen molar-refractivity contribution in [3.63, 3.8) is 0 Å². The quantitative estimate of drug-likeness (QED) is 0.745. The molecule has 2 heterocycles. The highest BCUT2D eigenvalue weighted by Gasteiger charge is 2.59. The van der Waals surface area contributed by atoms with Crippen molar-refractivity contribution in [1.29, 1.82) is 0 Å². The van der Waals surface area contributed by atoms with Gasteiger partial charge in [-0.3, -0.25) is 9.59 Å². The second-order valence-corrected chi connectivity index (χ2v) is 5.05. The third kappa shape index (κ3) is 1.49. The number of esters is 2. The maximum atomic E-state index is 11.4. The molecule has 2 aliphatic rings. The van der Waals surface area contributed by atoms with Crippen LogP contribution in [0.4, 0.5) is 0 Å². The number of hydrogen-bond acceptors (Lipinski definition) is 4. The van der Waals surface area contributed by atoms with Gasteiger partial charge in [-0.05, 0) is 6.07 Å². The molecule has 3 rings (SSSR count). The monoisotopic (exact) mass is 296 g/mol. The van der Waals surface area contributed by atoms with E-state index < -0.39 is 5.79 Å². The van der Waals surface area contributed by atoms with E-state index in [1.165, 1.54) is 0 Å². The van der Waals surface area contributed by atoms with Crippen LogP contribution in [0.5, 0.6) is 0 Å². The van der Waals surface area contributed by atoms with Gasteiger partial charge in [-0.15, -0.1) is 0 Å². The normalized spacial score (nSPS) is 31.0. The van der Waals surface area contributed by atoms with Crippen molar-refractivity contribution in [2.24, 2.45) is 5.92 Å². The van der Waals surface area contributed by atoms with Crippen molar-refractivity contribution < 1.29 is 19.1 Å². The Labute approximate surface area is 106 Å². The van der Waals surface area contributed by atoms with Crippen LogP contribution in [0.25, 0.3) is 0 Å². The number of benzene rings is 1. The summed E-state index contributed by atoms with van der Waals surface area (Å²) in [5.74, 6) is -2.08. The summed E-state index contributed by atoms with van der Waals surface area (Å²) in [4.78, 5) is 22.8. The zero-order valence-electron chi connectivity index (χ0n) is 8.81. The number of rotatable bonds is 1. The Balaban J connectivity index is 2.13. The second-order valence-electron chi connectivity index (χ2n) is 4.20. The minimum Gasteiger partial charge on any atom is -0.417 e. The lowest BCUT2D eigenvalue weighted by molar-refractivity contribution is -0.211. The van der Waals surface area contributed by atoms with Crippen LogP contribution in [0, 0.1) is 5.92 Å². The predicted octanol–water partition coefficient (Wildman–Crippen LogP) is 2.11. The minimum atomic E-state index is -1.21. The lowest BCUT2D eigenvalue weighted by Gasteiger charge is -2.26. The minimum absolute atomic E-state index is 0.221. The highest BCUT2D eigenvalue weighted by molar-refractivity contribution is 9.10. The van der Waals surface area contributed by atoms with Crippen LogP contribution in [0.15, 0.2) is 28.7 Å². The van der Waals surface area contributed by atoms with Crippen molar-refractivity contribution in [3.05, 3.63) is 34.3 Å². The Morgan fingerprint density at radius 3 is 2.29 bits per heavy atom. The molecule has 0 unspecified atom stereocenters. The van der Waals surface area contributed by atoms with Crippen molar-refractivity contribution in [2.45, 2.75) is 18.6 Å². The molecule has 4 nitrogen and oxygen atoms in total. The maximum absolute atomic E-state index is 11.4. The Kier molecular flexibility index (Phi) is 2.26. The lowest BCUT2D eigenvalue weighted by Crippen LogP contribution is -2.31. The summed E-state index contributed by atoms with van der Waals surface area (Å²) in [6, 6.07) is 7.31. The van der Waals surface area contributed by atoms with Gasteiger partial charge in [0, 0.05) is 4.47 Å². The van der Waals surface area contributed by atoms with Gasteiger partial charge in [0.15, 0.2) is 0 Å². The van der Waals surface area contributed by atoms with E-state index >= 15 is 0 Å². The number of hydrogen-bond donors (Lipinski definition) is 0. The molecule has 1 aromatic rings. The van der Waals surface area contributed by atoms with Gasteiger partial charge >= 0.3 is 11.9 Å². The Hall–Kier alpha value is -1.36. The van der Waals surface area contributed by atoms with Gasteiger partial charge in [0.25, 0.3) is 5.79 Å². The summed E-state index contributed by atoms with van der Waals surface area (Å²) in [5.41, 5.74) is 0.696. The van der Waals surface area contributed by atoms with E-state index in [4.69, 9.17) is 9.47 Å². The molecule has 17 heavy (non-hydrogen) atoms. The molecule has 2 saturated heterocycles. The summed E-state index contributed by atoms with van der Waals surface area (Å²) in [6.45, 7) is 0. The van der Waals surface area contributed by atoms with Gasteiger partial charge < -0.3 is 9.47 Å². The van der Waals surface area contributed by atoms with Crippen molar-refractivity contribution in [3.8, 4) is 0 Å². The smallest absolute Gasteiger partial charge is 0.309 e. The molecule has 2 aliphatic heterocycles. The fourth-order valence-electron chi connectivity index (χ4n) is 2.43. The van der Waals surface area contributed by atoms with E-state index in [1.54, 1.807) is 6.07 Å². The molecule has 0 radical (unpaired) electrons. The summed E-state index contributed by atoms with van der Waals surface area (Å²) < 4.78 is 11.4. The Bertz CT molecular complexity index is 491. The van der Waals surface area contributed by atoms with Crippen molar-refractivity contribution in [2.75, 3.05) is 0 Å². The molecule has 0 bridgehead atoms. The van der Waals surface area contributed by atoms with Crippen LogP contribution < -0.4 is 0 Å². The number of carbonyl (C=O) groups is 2. The first-order chi connectivity index (χ1) is 8.12. The number of carbonyl (C=O) groups excluding carboxylic acids is 2. The molecular formula is C12H9BrO4. The zero-order chi connectivity index (χ0) is 12.0. The largest absolute Gasteiger partial charge is 0.417 e. The van der Waals surface area contributed by atoms with Crippen molar-refractivity contribution >= 4 is 27.9 Å². The molecule has 0 saturated carbocycles. The standard InChI is InChI=1S/C12H9BrO4/c13-9-4-2-1-3-8(9)12-7(5-10(14)16-12)6-11(15)17-12/h1-4,7H,5-6H2. The van der Waals surface area contributed by atoms with E-state index in [1.807, 2.05) is 18.2 Å². The van der Waals surface area contributed by atoms with Crippen LogP contribution in [-0.2, 0) is 24.8 Å². The summed E-state index contributed by atoms with van der Waals surface area (Å²) >= 11 is 3.39. The van der Waals surface area contributed by atoms with E-state index in [-0.39, 0.29) is 30.7 Å². The molecule has 0 aromatic heterocycles. The SMILES string of the molecule is O=C1CC2CC(=O)OC2(c2ccccc2Br)O1. The average Bonchev–Trinajstić information content (AvgIpc) is 2.70. The number of halogens is 1. The highest BCUT2D eigenvalue weighted by Crippen LogP contribution is 2.50. The van der Waals surface area contributed by atoms with E-state index in [9.17, 15) is 9.59 Å². The molecule has 0 atom stereocenters. The van der Waals surface area contributed by atoms with E-state index in [0.717, 1.165) is 4.47 Å². The topological polar surface area (TPSA) is 52.6 Å². The first-order valence-electron chi connectivity index (χ1n) is 5.30. The van der Waals surface area contributed by atoms with E-state index in [0.29, 0.717) is 5.56 Å². The zero-order valence-corrected chi connectivity index (χ0v) is 10.4. The van der Waals surface area contributed by atoms with Crippen LogP contribution in [0.1, 0.15) is 18.4 Å². The summed E-state index contributed by atoms with van der Waals surface area (Å²) in [7, 11) is 0. The highest BCUT2D eigenvalue weighted by atomic mass is 79.9. The molecule has 0 N–H and O–H groups in total. The summed E-state index contributed by atoms with van der Waals surface area (Å²) in [6.07, 6.45) is 0.458. The average molecular weight is 297 g/mol. The summed E-state index contributed by atoms with van der Waals surface area (Å²) in [5, 5.41) is 0. The molecular weight excluding hydrogens is 288 g/mol. The van der Waals surface area contributed by atoms with Crippen LogP contribution in [0.2, 0.25) is 0 Å². The van der Waals surface area contributed by atoms with Gasteiger partial charge in [0.05, 0.1) is 24.3 Å². The Morgan fingerprint density at radius 1 is 1.12 bits per heavy atom. The molecule has 0 aliphatic carbocycles. The van der Waals surface area contributed by atoms with Crippen molar-refractivity contribution in [1.82, 2.24) is 0 Å². The molecule has 2 fully saturated rings. The molecule has 5 heteroatoms. The second kappa shape index (κ2) is 3.57. The van der Waals surface area contributed by atoms with E-state index in [2.05, 4.69) is 15.9 Å². The number of fused-ring (bicyclic) bond motifs is 1. The van der Waals surface area contributed by atoms with Gasteiger partial charge in [0.2, 0.25) is 0 Å². The lowest BCUT2D eigenvalue weighted by atomic mass is 9.91. The van der Waals surface area contributed by atoms with Gasteiger partial charge in [0.1, 0.15) is 0 Å². The molecule has 1 aromatic carbocycles. The fourth-order valence-corrected chi connectivity index (χ4v) is 2.99. The number of ether oxygens (including phenoxy) is 2. The molecule has 0 spiro atoms.